The van der Waals surface area contributed by atoms with Gasteiger partial charge < -0.3 is 10.6 Å². The van der Waals surface area contributed by atoms with Crippen LogP contribution >= 0.6 is 0 Å². The zero-order chi connectivity index (χ0) is 19.3. The summed E-state index contributed by atoms with van der Waals surface area (Å²) in [6, 6.07) is 7.01. The molecule has 0 aliphatic rings. The fourth-order valence-corrected chi connectivity index (χ4v) is 2.76. The number of carbonyl (C=O) groups is 1. The molecule has 0 radical (unpaired) electrons. The van der Waals surface area contributed by atoms with E-state index in [-0.39, 0.29) is 35.3 Å². The van der Waals surface area contributed by atoms with E-state index in [0.29, 0.717) is 5.56 Å². The van der Waals surface area contributed by atoms with Gasteiger partial charge in [0, 0.05) is 37.3 Å². The van der Waals surface area contributed by atoms with Gasteiger partial charge in [0.2, 0.25) is 0 Å². The Morgan fingerprint density at radius 3 is 2.54 bits per heavy atom. The van der Waals surface area contributed by atoms with E-state index in [4.69, 9.17) is 0 Å². The predicted molar refractivity (Wildman–Crippen MR) is 96.0 cm³/mol. The van der Waals surface area contributed by atoms with E-state index in [0.717, 1.165) is 18.0 Å². The summed E-state index contributed by atoms with van der Waals surface area (Å²) in [6.07, 6.45) is 2.45. The van der Waals surface area contributed by atoms with Gasteiger partial charge in [-0.1, -0.05) is 0 Å². The van der Waals surface area contributed by atoms with Crippen LogP contribution in [0.5, 0.6) is 0 Å². The lowest BCUT2D eigenvalue weighted by Crippen LogP contribution is -2.29. The van der Waals surface area contributed by atoms with Crippen molar-refractivity contribution in [3.05, 3.63) is 57.9 Å². The number of hydrogen-bond donors (Lipinski definition) is 2. The molecule has 1 amide bonds. The van der Waals surface area contributed by atoms with Crippen molar-refractivity contribution in [2.24, 2.45) is 0 Å². The molecule has 0 fully saturated rings. The van der Waals surface area contributed by atoms with E-state index in [1.54, 1.807) is 12.1 Å². The first-order chi connectivity index (χ1) is 12.2. The Morgan fingerprint density at radius 1 is 1.23 bits per heavy atom. The van der Waals surface area contributed by atoms with Crippen LogP contribution in [-0.4, -0.2) is 43.6 Å². The number of amides is 1. The minimum Gasteiger partial charge on any atom is -0.378 e. The van der Waals surface area contributed by atoms with Gasteiger partial charge in [-0.15, -0.1) is 0 Å². The summed E-state index contributed by atoms with van der Waals surface area (Å²) in [5.74, 6) is -0.304. The number of carbonyl (C=O) groups excluding carboxylic acids is 1. The van der Waals surface area contributed by atoms with Crippen LogP contribution in [-0.2, 0) is 9.84 Å². The molecule has 0 saturated carbocycles. The van der Waals surface area contributed by atoms with E-state index in [1.807, 2.05) is 6.92 Å². The number of anilines is 1. The maximum Gasteiger partial charge on any atom is 0.293 e. The van der Waals surface area contributed by atoms with Crippen molar-refractivity contribution in [2.45, 2.75) is 11.8 Å². The Labute approximate surface area is 150 Å². The molecule has 2 aromatic rings. The van der Waals surface area contributed by atoms with Crippen molar-refractivity contribution in [1.82, 2.24) is 10.3 Å². The molecule has 0 saturated heterocycles. The minimum atomic E-state index is -3.54. The third-order valence-corrected chi connectivity index (χ3v) is 4.60. The second-order valence-corrected chi connectivity index (χ2v) is 7.59. The van der Waals surface area contributed by atoms with E-state index >= 15 is 0 Å². The lowest BCUT2D eigenvalue weighted by Gasteiger charge is -2.09. The van der Waals surface area contributed by atoms with Gasteiger partial charge in [0.25, 0.3) is 11.6 Å². The van der Waals surface area contributed by atoms with Crippen molar-refractivity contribution < 1.29 is 18.1 Å². The number of nitrogens with one attached hydrogen (secondary N) is 2. The van der Waals surface area contributed by atoms with Gasteiger partial charge in [0.15, 0.2) is 9.84 Å². The molecule has 10 heteroatoms. The molecule has 2 rings (SSSR count). The summed E-state index contributed by atoms with van der Waals surface area (Å²) in [6.45, 7) is 2.26. The zero-order valence-corrected chi connectivity index (χ0v) is 15.0. The van der Waals surface area contributed by atoms with Crippen molar-refractivity contribution >= 4 is 27.1 Å². The van der Waals surface area contributed by atoms with E-state index < -0.39 is 14.8 Å². The average molecular weight is 378 g/mol. The summed E-state index contributed by atoms with van der Waals surface area (Å²) in [4.78, 5) is 26.3. The maximum atomic E-state index is 11.9. The molecular weight excluding hydrogens is 360 g/mol. The van der Waals surface area contributed by atoms with Crippen molar-refractivity contribution in [2.75, 3.05) is 24.7 Å². The van der Waals surface area contributed by atoms with Crippen LogP contribution < -0.4 is 10.6 Å². The minimum absolute atomic E-state index is 0.130. The molecule has 0 atom stereocenters. The lowest BCUT2D eigenvalue weighted by atomic mass is 10.2. The number of nitro benzene ring substituents is 1. The van der Waals surface area contributed by atoms with Crippen molar-refractivity contribution in [3.63, 3.8) is 0 Å². The highest BCUT2D eigenvalue weighted by atomic mass is 32.2. The van der Waals surface area contributed by atoms with Gasteiger partial charge in [0.1, 0.15) is 5.69 Å². The van der Waals surface area contributed by atoms with Crippen LogP contribution in [0.15, 0.2) is 41.4 Å². The molecule has 0 aliphatic carbocycles. The van der Waals surface area contributed by atoms with E-state index in [1.165, 1.54) is 18.3 Å². The SMILES string of the molecule is Cc1ccc(C(=O)NCCNc2ccc(S(C)(=O)=O)cc2[N+](=O)[O-])cn1. The van der Waals surface area contributed by atoms with E-state index in [2.05, 4.69) is 15.6 Å². The van der Waals surface area contributed by atoms with Gasteiger partial charge in [-0.2, -0.15) is 0 Å². The summed E-state index contributed by atoms with van der Waals surface area (Å²) >= 11 is 0. The quantitative estimate of drug-likeness (QED) is 0.424. The highest BCUT2D eigenvalue weighted by Gasteiger charge is 2.18. The van der Waals surface area contributed by atoms with Crippen LogP contribution in [0.1, 0.15) is 16.1 Å². The summed E-state index contributed by atoms with van der Waals surface area (Å²) < 4.78 is 23.0. The monoisotopic (exact) mass is 378 g/mol. The first kappa shape index (κ1) is 19.3. The Kier molecular flexibility index (Phi) is 5.88. The molecule has 2 N–H and O–H groups in total. The molecule has 0 spiro atoms. The molecule has 9 nitrogen and oxygen atoms in total. The molecule has 1 aromatic heterocycles. The van der Waals surface area contributed by atoms with Crippen LogP contribution in [0.3, 0.4) is 0 Å². The van der Waals surface area contributed by atoms with Gasteiger partial charge in [-0.25, -0.2) is 8.42 Å². The Balaban J connectivity index is 1.98. The van der Waals surface area contributed by atoms with Gasteiger partial charge >= 0.3 is 0 Å². The van der Waals surface area contributed by atoms with Crippen LogP contribution in [0, 0.1) is 17.0 Å². The fourth-order valence-electron chi connectivity index (χ4n) is 2.12. The molecule has 1 aromatic carbocycles. The lowest BCUT2D eigenvalue weighted by molar-refractivity contribution is -0.384. The molecule has 26 heavy (non-hydrogen) atoms. The predicted octanol–water partition coefficient (Wildman–Crippen LogP) is 1.54. The molecule has 0 unspecified atom stereocenters. The number of nitrogens with zero attached hydrogens (tertiary/aromatic N) is 2. The Hall–Kier alpha value is -3.01. The summed E-state index contributed by atoms with van der Waals surface area (Å²) in [5, 5.41) is 16.6. The second-order valence-electron chi connectivity index (χ2n) is 5.58. The Morgan fingerprint density at radius 2 is 1.96 bits per heavy atom. The third kappa shape index (κ3) is 4.99. The van der Waals surface area contributed by atoms with Gasteiger partial charge in [0.05, 0.1) is 15.4 Å². The molecular formula is C16H18N4O5S. The topological polar surface area (TPSA) is 131 Å². The smallest absolute Gasteiger partial charge is 0.293 e. The largest absolute Gasteiger partial charge is 0.378 e. The van der Waals surface area contributed by atoms with Gasteiger partial charge in [-0.05, 0) is 31.2 Å². The Bertz CT molecular complexity index is 926. The average Bonchev–Trinajstić information content (AvgIpc) is 2.58. The van der Waals surface area contributed by atoms with Crippen LogP contribution in [0.25, 0.3) is 0 Å². The van der Waals surface area contributed by atoms with Crippen LogP contribution in [0.4, 0.5) is 11.4 Å². The van der Waals surface area contributed by atoms with Crippen molar-refractivity contribution in [3.8, 4) is 0 Å². The van der Waals surface area contributed by atoms with Gasteiger partial charge in [-0.3, -0.25) is 19.9 Å². The first-order valence-electron chi connectivity index (χ1n) is 7.61. The highest BCUT2D eigenvalue weighted by molar-refractivity contribution is 7.90. The standard InChI is InChI=1S/C16H18N4O5S/c1-11-3-4-12(10-19-11)16(21)18-8-7-17-14-6-5-13(26(2,24)25)9-15(14)20(22)23/h3-6,9-10,17H,7-8H2,1-2H3,(H,18,21). The number of nitro groups is 1. The number of rotatable bonds is 7. The van der Waals surface area contributed by atoms with E-state index in [9.17, 15) is 23.3 Å². The fraction of sp³-hybridized carbons (Fsp3) is 0.250. The third-order valence-electron chi connectivity index (χ3n) is 3.49. The normalized spacial score (nSPS) is 11.0. The number of pyridine rings is 1. The first-order valence-corrected chi connectivity index (χ1v) is 9.51. The number of benzene rings is 1. The molecule has 138 valence electrons. The summed E-state index contributed by atoms with van der Waals surface area (Å²) in [7, 11) is -3.54. The zero-order valence-electron chi connectivity index (χ0n) is 14.2. The second kappa shape index (κ2) is 7.91. The number of hydrogen-bond acceptors (Lipinski definition) is 7. The molecule has 1 heterocycles. The number of sulfone groups is 1. The maximum absolute atomic E-state index is 11.9. The number of aromatic nitrogens is 1. The van der Waals surface area contributed by atoms with Crippen LogP contribution in [0.2, 0.25) is 0 Å². The highest BCUT2D eigenvalue weighted by Crippen LogP contribution is 2.27. The molecule has 0 bridgehead atoms. The van der Waals surface area contributed by atoms with Crippen molar-refractivity contribution in [1.29, 1.82) is 0 Å². The molecule has 0 aliphatic heterocycles. The number of aryl methyl sites for hydroxylation is 1. The summed E-state index contributed by atoms with van der Waals surface area (Å²) in [5.41, 5.74) is 1.04.